The molecule has 0 spiro atoms. The monoisotopic (exact) mass is 361 g/mol. The van der Waals surface area contributed by atoms with E-state index in [0.717, 1.165) is 11.3 Å². The van der Waals surface area contributed by atoms with Gasteiger partial charge in [-0.15, -0.1) is 11.3 Å². The van der Waals surface area contributed by atoms with Crippen LogP contribution < -0.4 is 5.32 Å². The first kappa shape index (κ1) is 16.3. The third kappa shape index (κ3) is 3.20. The summed E-state index contributed by atoms with van der Waals surface area (Å²) in [5, 5.41) is 14.7. The Bertz CT molecular complexity index is 911. The summed E-state index contributed by atoms with van der Waals surface area (Å²) < 4.78 is 5.25. The number of carboxylic acids is 1. The maximum atomic E-state index is 12.2. The van der Waals surface area contributed by atoms with Crippen LogP contribution in [0.15, 0.2) is 46.2 Å². The Morgan fingerprint density at radius 3 is 2.46 bits per heavy atom. The van der Waals surface area contributed by atoms with Crippen molar-refractivity contribution in [1.29, 1.82) is 0 Å². The van der Waals surface area contributed by atoms with Crippen molar-refractivity contribution >= 4 is 39.8 Å². The molecule has 0 unspecified atom stereocenters. The Morgan fingerprint density at radius 2 is 1.88 bits per heavy atom. The Hall–Kier alpha value is -2.57. The van der Waals surface area contributed by atoms with Crippen LogP contribution in [-0.2, 0) is 0 Å². The van der Waals surface area contributed by atoms with Gasteiger partial charge < -0.3 is 14.8 Å². The van der Waals surface area contributed by atoms with E-state index < -0.39 is 11.9 Å². The maximum Gasteiger partial charge on any atom is 0.339 e. The zero-order chi connectivity index (χ0) is 17.3. The van der Waals surface area contributed by atoms with Crippen LogP contribution in [0.3, 0.4) is 0 Å². The summed E-state index contributed by atoms with van der Waals surface area (Å²) in [6.07, 6.45) is 0. The molecule has 0 radical (unpaired) electrons. The van der Waals surface area contributed by atoms with E-state index in [1.165, 1.54) is 0 Å². The van der Waals surface area contributed by atoms with Crippen LogP contribution in [0.5, 0.6) is 0 Å². The molecule has 3 rings (SSSR count). The summed E-state index contributed by atoms with van der Waals surface area (Å²) in [6.45, 7) is 1.73. The average molecular weight is 362 g/mol. The maximum absolute atomic E-state index is 12.2. The first-order chi connectivity index (χ1) is 11.5. The third-order valence-electron chi connectivity index (χ3n) is 3.35. The van der Waals surface area contributed by atoms with Gasteiger partial charge in [-0.2, -0.15) is 0 Å². The van der Waals surface area contributed by atoms with E-state index in [4.69, 9.17) is 16.0 Å². The number of carboxylic acid groups (broad SMARTS) is 1. The van der Waals surface area contributed by atoms with Gasteiger partial charge in [-0.3, -0.25) is 4.79 Å². The van der Waals surface area contributed by atoms with Crippen molar-refractivity contribution in [3.8, 4) is 11.1 Å². The molecule has 1 aromatic carbocycles. The second-order valence-corrected chi connectivity index (χ2v) is 6.35. The normalized spacial score (nSPS) is 10.6. The number of anilines is 1. The highest BCUT2D eigenvalue weighted by molar-refractivity contribution is 7.15. The summed E-state index contributed by atoms with van der Waals surface area (Å²) in [5.41, 5.74) is 1.27. The van der Waals surface area contributed by atoms with Gasteiger partial charge in [0.05, 0.1) is 0 Å². The Balaban J connectivity index is 1.96. The molecule has 0 saturated heterocycles. The zero-order valence-corrected chi connectivity index (χ0v) is 14.1. The lowest BCUT2D eigenvalue weighted by Gasteiger charge is -2.05. The minimum atomic E-state index is -1.12. The van der Waals surface area contributed by atoms with Crippen LogP contribution in [0.4, 0.5) is 5.00 Å². The van der Waals surface area contributed by atoms with Crippen LogP contribution >= 0.6 is 22.9 Å². The molecule has 2 N–H and O–H groups in total. The fourth-order valence-electron chi connectivity index (χ4n) is 2.23. The number of aryl methyl sites for hydroxylation is 1. The molecule has 0 bridgehead atoms. The number of carbonyl (C=O) groups is 2. The van der Waals surface area contributed by atoms with Crippen molar-refractivity contribution in [2.45, 2.75) is 6.92 Å². The highest BCUT2D eigenvalue weighted by atomic mass is 35.5. The molecular weight excluding hydrogens is 350 g/mol. The number of halogens is 1. The fraction of sp³-hybridized carbons (Fsp3) is 0.0588. The lowest BCUT2D eigenvalue weighted by molar-refractivity contribution is 0.0699. The molecule has 24 heavy (non-hydrogen) atoms. The molecule has 1 amide bonds. The molecule has 0 fully saturated rings. The predicted molar refractivity (Wildman–Crippen MR) is 93.1 cm³/mol. The number of nitrogens with one attached hydrogen (secondary N) is 1. The second-order valence-electron chi connectivity index (χ2n) is 5.03. The Labute approximate surface area is 146 Å². The van der Waals surface area contributed by atoms with Gasteiger partial charge in [0.25, 0.3) is 5.91 Å². The molecule has 0 aliphatic heterocycles. The molecule has 0 aliphatic rings. The average Bonchev–Trinajstić information content (AvgIpc) is 3.14. The van der Waals surface area contributed by atoms with Crippen molar-refractivity contribution in [2.75, 3.05) is 5.32 Å². The van der Waals surface area contributed by atoms with Crippen molar-refractivity contribution in [3.63, 3.8) is 0 Å². The molecular formula is C17H12ClNO4S. The van der Waals surface area contributed by atoms with E-state index >= 15 is 0 Å². The number of benzene rings is 1. The summed E-state index contributed by atoms with van der Waals surface area (Å²) >= 11 is 7.01. The van der Waals surface area contributed by atoms with E-state index in [0.29, 0.717) is 21.9 Å². The minimum absolute atomic E-state index is 0.0407. The zero-order valence-electron chi connectivity index (χ0n) is 12.5. The minimum Gasteiger partial charge on any atom is -0.478 e. The Kier molecular flexibility index (Phi) is 4.42. The molecule has 5 nitrogen and oxygen atoms in total. The number of thiophene rings is 1. The van der Waals surface area contributed by atoms with E-state index in [1.54, 1.807) is 48.7 Å². The fourth-order valence-corrected chi connectivity index (χ4v) is 3.31. The first-order valence-electron chi connectivity index (χ1n) is 6.94. The summed E-state index contributed by atoms with van der Waals surface area (Å²) in [6, 6.07) is 10.0. The van der Waals surface area contributed by atoms with Crippen LogP contribution in [0, 0.1) is 6.92 Å². The van der Waals surface area contributed by atoms with Gasteiger partial charge in [0, 0.05) is 16.0 Å². The number of rotatable bonds is 4. The highest BCUT2D eigenvalue weighted by Gasteiger charge is 2.22. The number of aromatic carboxylic acids is 1. The van der Waals surface area contributed by atoms with Crippen LogP contribution in [-0.4, -0.2) is 17.0 Å². The van der Waals surface area contributed by atoms with Gasteiger partial charge in [0.1, 0.15) is 16.3 Å². The molecule has 0 aliphatic carbocycles. The van der Waals surface area contributed by atoms with E-state index in [9.17, 15) is 14.7 Å². The van der Waals surface area contributed by atoms with Crippen molar-refractivity contribution in [3.05, 3.63) is 63.9 Å². The lowest BCUT2D eigenvalue weighted by atomic mass is 10.0. The lowest BCUT2D eigenvalue weighted by Crippen LogP contribution is -2.12. The summed E-state index contributed by atoms with van der Waals surface area (Å²) in [4.78, 5) is 23.9. The number of furan rings is 1. The topological polar surface area (TPSA) is 79.5 Å². The smallest absolute Gasteiger partial charge is 0.339 e. The second kappa shape index (κ2) is 6.51. The van der Waals surface area contributed by atoms with E-state index in [2.05, 4.69) is 5.32 Å². The van der Waals surface area contributed by atoms with Gasteiger partial charge in [-0.1, -0.05) is 23.7 Å². The summed E-state index contributed by atoms with van der Waals surface area (Å²) in [5.74, 6) is -0.876. The third-order valence-corrected chi connectivity index (χ3v) is 4.50. The molecule has 2 aromatic heterocycles. The first-order valence-corrected chi connectivity index (χ1v) is 8.20. The van der Waals surface area contributed by atoms with Gasteiger partial charge in [0.2, 0.25) is 0 Å². The van der Waals surface area contributed by atoms with Gasteiger partial charge in [-0.05, 0) is 36.8 Å². The SMILES string of the molecule is Cc1ccc(C(=O)Nc2scc(-c3ccc(Cl)cc3)c2C(=O)O)o1. The number of hydrogen-bond acceptors (Lipinski definition) is 4. The van der Waals surface area contributed by atoms with Crippen molar-refractivity contribution in [1.82, 2.24) is 0 Å². The van der Waals surface area contributed by atoms with Crippen LogP contribution in [0.2, 0.25) is 5.02 Å². The number of amides is 1. The predicted octanol–water partition coefficient (Wildman–Crippen LogP) is 4.92. The molecule has 0 atom stereocenters. The van der Waals surface area contributed by atoms with Crippen LogP contribution in [0.1, 0.15) is 26.7 Å². The number of hydrogen-bond donors (Lipinski definition) is 2. The van der Waals surface area contributed by atoms with Gasteiger partial charge in [-0.25, -0.2) is 4.79 Å². The molecule has 122 valence electrons. The van der Waals surface area contributed by atoms with Crippen molar-refractivity contribution in [2.24, 2.45) is 0 Å². The highest BCUT2D eigenvalue weighted by Crippen LogP contribution is 2.36. The number of carbonyl (C=O) groups excluding carboxylic acids is 1. The quantitative estimate of drug-likeness (QED) is 0.691. The van der Waals surface area contributed by atoms with Crippen molar-refractivity contribution < 1.29 is 19.1 Å². The molecule has 7 heteroatoms. The Morgan fingerprint density at radius 1 is 1.17 bits per heavy atom. The molecule has 2 heterocycles. The van der Waals surface area contributed by atoms with E-state index in [1.807, 2.05) is 0 Å². The van der Waals surface area contributed by atoms with Gasteiger partial charge >= 0.3 is 5.97 Å². The largest absolute Gasteiger partial charge is 0.478 e. The van der Waals surface area contributed by atoms with Gasteiger partial charge in [0.15, 0.2) is 5.76 Å². The summed E-state index contributed by atoms with van der Waals surface area (Å²) in [7, 11) is 0. The standard InChI is InChI=1S/C17H12ClNO4S/c1-9-2-7-13(23-9)15(20)19-16-14(17(21)22)12(8-24-16)10-3-5-11(18)6-4-10/h2-8H,1H3,(H,19,20)(H,21,22). The molecule has 3 aromatic rings. The van der Waals surface area contributed by atoms with E-state index in [-0.39, 0.29) is 16.3 Å². The van der Waals surface area contributed by atoms with Crippen LogP contribution in [0.25, 0.3) is 11.1 Å². The molecule has 0 saturated carbocycles.